The van der Waals surface area contributed by atoms with Crippen LogP contribution in [0.2, 0.25) is 0 Å². The third-order valence-corrected chi connectivity index (χ3v) is 2.94. The molecule has 0 radical (unpaired) electrons. The Balaban J connectivity index is 0.000000461. The first-order valence-electron chi connectivity index (χ1n) is 5.22. The maximum Gasteiger partial charge on any atom is -0.0386 e. The lowest BCUT2D eigenvalue weighted by molar-refractivity contribution is 0.176. The van der Waals surface area contributed by atoms with Gasteiger partial charge in [0.05, 0.1) is 0 Å². The molecule has 68 valence electrons. The monoisotopic (exact) mass is 156 g/mol. The lowest BCUT2D eigenvalue weighted by Crippen LogP contribution is -2.23. The van der Waals surface area contributed by atoms with E-state index in [0.717, 1.165) is 17.8 Å². The van der Waals surface area contributed by atoms with Gasteiger partial charge in [-0.05, 0) is 17.8 Å². The van der Waals surface area contributed by atoms with E-state index in [9.17, 15) is 0 Å². The van der Waals surface area contributed by atoms with Gasteiger partial charge >= 0.3 is 0 Å². The maximum atomic E-state index is 2.40. The molecule has 0 N–H and O–H groups in total. The van der Waals surface area contributed by atoms with Crippen molar-refractivity contribution >= 4 is 0 Å². The molecule has 0 amide bonds. The molecular weight excluding hydrogens is 132 g/mol. The van der Waals surface area contributed by atoms with Crippen LogP contribution in [0.5, 0.6) is 0 Å². The lowest BCUT2D eigenvalue weighted by atomic mass is 9.72. The molecule has 0 aliphatic heterocycles. The fraction of sp³-hybridized carbons (Fsp3) is 1.00. The highest BCUT2D eigenvalue weighted by molar-refractivity contribution is 4.76. The molecule has 0 spiro atoms. The highest BCUT2D eigenvalue weighted by atomic mass is 14.3. The lowest BCUT2D eigenvalue weighted by Gasteiger charge is -2.33. The quantitative estimate of drug-likeness (QED) is 0.564. The molecule has 0 aromatic carbocycles. The summed E-state index contributed by atoms with van der Waals surface area (Å²) in [6.45, 7) is 11.1. The average Bonchev–Trinajstić information content (AvgIpc) is 1.88. The van der Waals surface area contributed by atoms with Crippen LogP contribution in [-0.2, 0) is 0 Å². The van der Waals surface area contributed by atoms with Crippen molar-refractivity contribution in [2.24, 2.45) is 17.8 Å². The van der Waals surface area contributed by atoms with E-state index < -0.39 is 0 Å². The van der Waals surface area contributed by atoms with Gasteiger partial charge < -0.3 is 0 Å². The zero-order valence-electron chi connectivity index (χ0n) is 8.85. The normalized spacial score (nSPS) is 20.2. The van der Waals surface area contributed by atoms with Gasteiger partial charge in [-0.1, -0.05) is 53.9 Å². The van der Waals surface area contributed by atoms with Crippen molar-refractivity contribution in [2.45, 2.75) is 53.9 Å². The van der Waals surface area contributed by atoms with Crippen molar-refractivity contribution < 1.29 is 0 Å². The summed E-state index contributed by atoms with van der Waals surface area (Å²) in [6.07, 6.45) is 4.49. The van der Waals surface area contributed by atoms with Crippen molar-refractivity contribution in [1.82, 2.24) is 0 Å². The molecule has 1 atom stereocenters. The van der Waals surface area contributed by atoms with Crippen LogP contribution in [0.1, 0.15) is 53.9 Å². The Morgan fingerprint density at radius 3 is 1.55 bits per heavy atom. The molecule has 0 bridgehead atoms. The van der Waals surface area contributed by atoms with Gasteiger partial charge in [-0.2, -0.15) is 0 Å². The van der Waals surface area contributed by atoms with Crippen LogP contribution in [0, 0.1) is 17.8 Å². The van der Waals surface area contributed by atoms with Gasteiger partial charge in [0.1, 0.15) is 0 Å². The average molecular weight is 156 g/mol. The van der Waals surface area contributed by atoms with E-state index in [1.807, 2.05) is 13.8 Å². The third kappa shape index (κ3) is 3.27. The Bertz CT molecular complexity index is 80.0. The first-order chi connectivity index (χ1) is 5.22. The van der Waals surface area contributed by atoms with Crippen LogP contribution in [0.25, 0.3) is 0 Å². The fourth-order valence-corrected chi connectivity index (χ4v) is 1.51. The van der Waals surface area contributed by atoms with Crippen molar-refractivity contribution in [3.8, 4) is 0 Å². The molecule has 0 aromatic heterocycles. The second-order valence-corrected chi connectivity index (χ2v) is 3.79. The van der Waals surface area contributed by atoms with E-state index in [2.05, 4.69) is 20.8 Å². The Morgan fingerprint density at radius 2 is 1.45 bits per heavy atom. The molecule has 11 heavy (non-hydrogen) atoms. The first-order valence-corrected chi connectivity index (χ1v) is 5.22. The zero-order chi connectivity index (χ0) is 8.85. The van der Waals surface area contributed by atoms with Gasteiger partial charge in [-0.25, -0.2) is 0 Å². The number of hydrogen-bond donors (Lipinski definition) is 0. The minimum absolute atomic E-state index is 0.898. The molecule has 1 aliphatic rings. The summed E-state index contributed by atoms with van der Waals surface area (Å²) in [5.74, 6) is 2.94. The molecule has 1 rings (SSSR count). The molecule has 0 heterocycles. The number of rotatable bonds is 2. The van der Waals surface area contributed by atoms with E-state index in [0.29, 0.717) is 0 Å². The van der Waals surface area contributed by atoms with Gasteiger partial charge in [0, 0.05) is 0 Å². The molecule has 0 aromatic rings. The molecule has 1 unspecified atom stereocenters. The highest BCUT2D eigenvalue weighted by Crippen LogP contribution is 2.36. The van der Waals surface area contributed by atoms with E-state index in [-0.39, 0.29) is 0 Å². The molecule has 0 heteroatoms. The van der Waals surface area contributed by atoms with Gasteiger partial charge in [-0.3, -0.25) is 0 Å². The SMILES string of the molecule is CC.CC(C)C(C)C1CCC1. The van der Waals surface area contributed by atoms with Crippen molar-refractivity contribution in [3.05, 3.63) is 0 Å². The Labute approximate surface area is 72.4 Å². The van der Waals surface area contributed by atoms with E-state index in [4.69, 9.17) is 0 Å². The summed E-state index contributed by atoms with van der Waals surface area (Å²) in [6, 6.07) is 0. The van der Waals surface area contributed by atoms with E-state index in [1.165, 1.54) is 19.3 Å². The summed E-state index contributed by atoms with van der Waals surface area (Å²) >= 11 is 0. The molecule has 0 nitrogen and oxygen atoms in total. The van der Waals surface area contributed by atoms with Gasteiger partial charge in [-0.15, -0.1) is 0 Å². The summed E-state index contributed by atoms with van der Waals surface area (Å²) in [7, 11) is 0. The first kappa shape index (κ1) is 11.0. The van der Waals surface area contributed by atoms with Crippen LogP contribution in [0.4, 0.5) is 0 Å². The zero-order valence-corrected chi connectivity index (χ0v) is 8.85. The van der Waals surface area contributed by atoms with Crippen LogP contribution in [0.3, 0.4) is 0 Å². The van der Waals surface area contributed by atoms with Crippen LogP contribution < -0.4 is 0 Å². The van der Waals surface area contributed by atoms with Gasteiger partial charge in [0.15, 0.2) is 0 Å². The van der Waals surface area contributed by atoms with E-state index in [1.54, 1.807) is 0 Å². The van der Waals surface area contributed by atoms with Gasteiger partial charge in [0.25, 0.3) is 0 Å². The molecular formula is C11H24. The van der Waals surface area contributed by atoms with Crippen LogP contribution in [-0.4, -0.2) is 0 Å². The molecule has 1 saturated carbocycles. The topological polar surface area (TPSA) is 0 Å². The summed E-state index contributed by atoms with van der Waals surface area (Å²) in [5, 5.41) is 0. The van der Waals surface area contributed by atoms with Crippen LogP contribution >= 0.6 is 0 Å². The highest BCUT2D eigenvalue weighted by Gasteiger charge is 2.25. The standard InChI is InChI=1S/C9H18.C2H6/c1-7(2)8(3)9-5-4-6-9;1-2/h7-9H,4-6H2,1-3H3;1-2H3. The maximum absolute atomic E-state index is 2.40. The number of hydrogen-bond acceptors (Lipinski definition) is 0. The second-order valence-electron chi connectivity index (χ2n) is 3.79. The third-order valence-electron chi connectivity index (χ3n) is 2.94. The van der Waals surface area contributed by atoms with Crippen molar-refractivity contribution in [3.63, 3.8) is 0 Å². The van der Waals surface area contributed by atoms with Gasteiger partial charge in [0.2, 0.25) is 0 Å². The molecule has 1 fully saturated rings. The van der Waals surface area contributed by atoms with Crippen molar-refractivity contribution in [1.29, 1.82) is 0 Å². The summed E-state index contributed by atoms with van der Waals surface area (Å²) in [5.41, 5.74) is 0. The fourth-order valence-electron chi connectivity index (χ4n) is 1.51. The Kier molecular flexibility index (Phi) is 5.62. The Hall–Kier alpha value is 0. The van der Waals surface area contributed by atoms with E-state index >= 15 is 0 Å². The Morgan fingerprint density at radius 1 is 1.00 bits per heavy atom. The minimum atomic E-state index is 0.898. The molecule has 0 saturated heterocycles. The summed E-state index contributed by atoms with van der Waals surface area (Å²) in [4.78, 5) is 0. The largest absolute Gasteiger partial charge is 0.0683 e. The predicted molar refractivity (Wildman–Crippen MR) is 52.7 cm³/mol. The smallest absolute Gasteiger partial charge is 0.0386 e. The van der Waals surface area contributed by atoms with Crippen molar-refractivity contribution in [2.75, 3.05) is 0 Å². The minimum Gasteiger partial charge on any atom is -0.0683 e. The second kappa shape index (κ2) is 5.62. The summed E-state index contributed by atoms with van der Waals surface area (Å²) < 4.78 is 0. The van der Waals surface area contributed by atoms with Crippen LogP contribution in [0.15, 0.2) is 0 Å². The molecule has 1 aliphatic carbocycles. The predicted octanol–water partition coefficient (Wildman–Crippen LogP) is 4.10.